The van der Waals surface area contributed by atoms with Crippen molar-refractivity contribution in [3.8, 4) is 11.5 Å². The number of ether oxygens (including phenoxy) is 2. The number of para-hydroxylation sites is 1. The van der Waals surface area contributed by atoms with Gasteiger partial charge in [-0.05, 0) is 42.3 Å². The smallest absolute Gasteiger partial charge is 0.165 e. The average molecular weight is 380 g/mol. The lowest BCUT2D eigenvalue weighted by molar-refractivity contribution is 0.215. The molecule has 0 N–H and O–H groups in total. The molecule has 4 rings (SSSR count). The van der Waals surface area contributed by atoms with E-state index in [2.05, 4.69) is 33.9 Å². The third-order valence-electron chi connectivity index (χ3n) is 5.38. The number of benzene rings is 2. The first-order valence-electron chi connectivity index (χ1n) is 9.55. The van der Waals surface area contributed by atoms with Crippen molar-refractivity contribution in [1.29, 1.82) is 0 Å². The first-order valence-corrected chi connectivity index (χ1v) is 9.55. The van der Waals surface area contributed by atoms with Gasteiger partial charge in [-0.25, -0.2) is 4.39 Å². The molecule has 3 aromatic rings. The second kappa shape index (κ2) is 8.07. The molecule has 5 heteroatoms. The van der Waals surface area contributed by atoms with Crippen LogP contribution in [0.2, 0.25) is 0 Å². The van der Waals surface area contributed by atoms with E-state index in [-0.39, 0.29) is 11.9 Å². The van der Waals surface area contributed by atoms with E-state index in [0.29, 0.717) is 0 Å². The Morgan fingerprint density at radius 1 is 0.964 bits per heavy atom. The van der Waals surface area contributed by atoms with Crippen LogP contribution in [0.5, 0.6) is 11.5 Å². The Balaban J connectivity index is 1.80. The topological polar surface area (TPSA) is 26.6 Å². The summed E-state index contributed by atoms with van der Waals surface area (Å²) < 4.78 is 27.0. The van der Waals surface area contributed by atoms with E-state index in [9.17, 15) is 4.39 Å². The molecule has 0 saturated carbocycles. The molecule has 28 heavy (non-hydrogen) atoms. The molecule has 1 aromatic heterocycles. The summed E-state index contributed by atoms with van der Waals surface area (Å²) in [6.45, 7) is 2.64. The predicted octanol–water partition coefficient (Wildman–Crippen LogP) is 4.64. The maximum Gasteiger partial charge on any atom is 0.165 e. The van der Waals surface area contributed by atoms with E-state index >= 15 is 0 Å². The Kier molecular flexibility index (Phi) is 5.35. The molecule has 2 heterocycles. The number of hydrogen-bond acceptors (Lipinski definition) is 3. The minimum atomic E-state index is -0.209. The monoisotopic (exact) mass is 380 g/mol. The highest BCUT2D eigenvalue weighted by atomic mass is 19.1. The minimum absolute atomic E-state index is 0.0209. The maximum atomic E-state index is 13.4. The zero-order valence-electron chi connectivity index (χ0n) is 16.3. The summed E-state index contributed by atoms with van der Waals surface area (Å²) in [7, 11) is 3.34. The molecule has 0 radical (unpaired) electrons. The van der Waals surface area contributed by atoms with E-state index < -0.39 is 0 Å². The molecule has 0 amide bonds. The number of fused-ring (bicyclic) bond motifs is 1. The minimum Gasteiger partial charge on any atom is -0.493 e. The largest absolute Gasteiger partial charge is 0.493 e. The van der Waals surface area contributed by atoms with Crippen LogP contribution in [0.4, 0.5) is 4.39 Å². The molecule has 0 fully saturated rings. The molecular weight excluding hydrogens is 355 g/mol. The van der Waals surface area contributed by atoms with Crippen molar-refractivity contribution in [2.24, 2.45) is 0 Å². The van der Waals surface area contributed by atoms with Gasteiger partial charge in [-0.3, -0.25) is 4.90 Å². The molecule has 0 aliphatic carbocycles. The fraction of sp³-hybridized carbons (Fsp3) is 0.304. The first-order chi connectivity index (χ1) is 13.7. The normalized spacial score (nSPS) is 17.0. The molecule has 0 spiro atoms. The highest BCUT2D eigenvalue weighted by Gasteiger charge is 2.30. The summed E-state index contributed by atoms with van der Waals surface area (Å²) in [6, 6.07) is 17.1. The van der Waals surface area contributed by atoms with E-state index in [1.54, 1.807) is 14.2 Å². The van der Waals surface area contributed by atoms with Crippen molar-refractivity contribution < 1.29 is 13.9 Å². The zero-order valence-corrected chi connectivity index (χ0v) is 16.3. The van der Waals surface area contributed by atoms with Crippen LogP contribution in [0.15, 0.2) is 60.8 Å². The SMILES string of the molecule is COc1cccc([C@@H]2c3cccn3CCCN2Cc2ccc(F)cc2)c1OC. The molecule has 1 aliphatic heterocycles. The molecule has 1 atom stereocenters. The molecule has 0 bridgehead atoms. The van der Waals surface area contributed by atoms with Crippen LogP contribution in [0.25, 0.3) is 0 Å². The van der Waals surface area contributed by atoms with Crippen LogP contribution in [0.1, 0.15) is 29.3 Å². The van der Waals surface area contributed by atoms with Gasteiger partial charge in [0.1, 0.15) is 5.82 Å². The number of rotatable bonds is 5. The summed E-state index contributed by atoms with van der Waals surface area (Å²) in [5, 5.41) is 0. The van der Waals surface area contributed by atoms with Crippen molar-refractivity contribution in [2.75, 3.05) is 20.8 Å². The first kappa shape index (κ1) is 18.6. The van der Waals surface area contributed by atoms with Crippen LogP contribution >= 0.6 is 0 Å². The Morgan fingerprint density at radius 3 is 2.54 bits per heavy atom. The van der Waals surface area contributed by atoms with E-state index in [4.69, 9.17) is 9.47 Å². The summed E-state index contributed by atoms with van der Waals surface area (Å²) >= 11 is 0. The number of halogens is 1. The molecular formula is C23H25FN2O2. The van der Waals surface area contributed by atoms with Gasteiger partial charge in [0.05, 0.1) is 20.3 Å². The molecule has 2 aromatic carbocycles. The molecule has 146 valence electrons. The van der Waals surface area contributed by atoms with Gasteiger partial charge in [0, 0.05) is 37.1 Å². The van der Waals surface area contributed by atoms with Crippen molar-refractivity contribution in [1.82, 2.24) is 9.47 Å². The number of aromatic nitrogens is 1. The number of nitrogens with zero attached hydrogens (tertiary/aromatic N) is 2. The Labute approximate surface area is 165 Å². The second-order valence-corrected chi connectivity index (χ2v) is 7.06. The van der Waals surface area contributed by atoms with Gasteiger partial charge in [0.15, 0.2) is 11.5 Å². The predicted molar refractivity (Wildman–Crippen MR) is 107 cm³/mol. The molecule has 1 aliphatic rings. The van der Waals surface area contributed by atoms with E-state index in [0.717, 1.165) is 48.7 Å². The van der Waals surface area contributed by atoms with Gasteiger partial charge in [-0.1, -0.05) is 24.3 Å². The fourth-order valence-corrected chi connectivity index (χ4v) is 4.12. The van der Waals surface area contributed by atoms with Gasteiger partial charge in [0.2, 0.25) is 0 Å². The Hall–Kier alpha value is -2.79. The van der Waals surface area contributed by atoms with E-state index in [1.165, 1.54) is 17.8 Å². The van der Waals surface area contributed by atoms with Gasteiger partial charge in [-0.15, -0.1) is 0 Å². The van der Waals surface area contributed by atoms with Gasteiger partial charge in [0.25, 0.3) is 0 Å². The van der Waals surface area contributed by atoms with Crippen LogP contribution in [0.3, 0.4) is 0 Å². The lowest BCUT2D eigenvalue weighted by Crippen LogP contribution is -2.29. The highest BCUT2D eigenvalue weighted by molar-refractivity contribution is 5.50. The van der Waals surface area contributed by atoms with E-state index in [1.807, 2.05) is 24.3 Å². The van der Waals surface area contributed by atoms with Crippen LogP contribution in [-0.2, 0) is 13.1 Å². The molecule has 0 saturated heterocycles. The molecule has 4 nitrogen and oxygen atoms in total. The fourth-order valence-electron chi connectivity index (χ4n) is 4.12. The van der Waals surface area contributed by atoms with Crippen molar-refractivity contribution in [3.63, 3.8) is 0 Å². The highest BCUT2D eigenvalue weighted by Crippen LogP contribution is 2.41. The zero-order chi connectivity index (χ0) is 19.5. The van der Waals surface area contributed by atoms with Crippen molar-refractivity contribution in [3.05, 3.63) is 83.4 Å². The average Bonchev–Trinajstić information content (AvgIpc) is 3.10. The molecule has 0 unspecified atom stereocenters. The number of hydrogen-bond donors (Lipinski definition) is 0. The Bertz CT molecular complexity index is 936. The van der Waals surface area contributed by atoms with Crippen molar-refractivity contribution >= 4 is 0 Å². The summed E-state index contributed by atoms with van der Waals surface area (Å²) in [6.07, 6.45) is 3.18. The summed E-state index contributed by atoms with van der Waals surface area (Å²) in [5.41, 5.74) is 3.39. The van der Waals surface area contributed by atoms with Crippen LogP contribution in [0, 0.1) is 5.82 Å². The van der Waals surface area contributed by atoms with Gasteiger partial charge in [-0.2, -0.15) is 0 Å². The van der Waals surface area contributed by atoms with Gasteiger partial charge < -0.3 is 14.0 Å². The van der Waals surface area contributed by atoms with Gasteiger partial charge >= 0.3 is 0 Å². The summed E-state index contributed by atoms with van der Waals surface area (Å²) in [5.74, 6) is 1.28. The lowest BCUT2D eigenvalue weighted by atomic mass is 9.99. The summed E-state index contributed by atoms with van der Waals surface area (Å²) in [4.78, 5) is 2.43. The number of methoxy groups -OCH3 is 2. The standard InChI is InChI=1S/C23H25FN2O2/c1-27-21-8-3-6-19(23(21)28-2)22-20-7-4-13-25(20)14-5-15-26(22)16-17-9-11-18(24)12-10-17/h3-4,6-13,22H,5,14-16H2,1-2H3/t22-/m1/s1. The van der Waals surface area contributed by atoms with Crippen LogP contribution in [-0.4, -0.2) is 30.2 Å². The number of aryl methyl sites for hydroxylation is 1. The quantitative estimate of drug-likeness (QED) is 0.645. The third kappa shape index (κ3) is 3.50. The van der Waals surface area contributed by atoms with Crippen LogP contribution < -0.4 is 9.47 Å². The Morgan fingerprint density at radius 2 is 1.79 bits per heavy atom. The van der Waals surface area contributed by atoms with Crippen molar-refractivity contribution in [2.45, 2.75) is 25.6 Å². The second-order valence-electron chi connectivity index (χ2n) is 7.06. The maximum absolute atomic E-state index is 13.4. The lowest BCUT2D eigenvalue weighted by Gasteiger charge is -2.32. The third-order valence-corrected chi connectivity index (χ3v) is 5.38.